The number of benzene rings is 1. The summed E-state index contributed by atoms with van der Waals surface area (Å²) in [5, 5.41) is 3.37. The summed E-state index contributed by atoms with van der Waals surface area (Å²) < 4.78 is 0.749. The number of halogens is 3. The summed E-state index contributed by atoms with van der Waals surface area (Å²) in [6.07, 6.45) is 0. The van der Waals surface area contributed by atoms with Crippen molar-refractivity contribution in [3.63, 3.8) is 0 Å². The molecule has 1 aromatic heterocycles. The zero-order valence-electron chi connectivity index (χ0n) is 9.95. The Morgan fingerprint density at radius 1 is 1.25 bits per heavy atom. The van der Waals surface area contributed by atoms with Crippen molar-refractivity contribution in [1.29, 1.82) is 0 Å². The molecule has 0 spiro atoms. The van der Waals surface area contributed by atoms with Crippen LogP contribution < -0.4 is 16.6 Å². The third kappa shape index (κ3) is 3.61. The van der Waals surface area contributed by atoms with E-state index in [0.29, 0.717) is 22.1 Å². The first-order chi connectivity index (χ1) is 9.49. The third-order valence-corrected chi connectivity index (χ3v) is 3.81. The molecule has 0 aliphatic heterocycles. The number of carbonyl (C=O) groups is 1. The number of nitrogens with one attached hydrogen (secondary N) is 2. The van der Waals surface area contributed by atoms with Crippen molar-refractivity contribution in [3.05, 3.63) is 50.5 Å². The quantitative estimate of drug-likeness (QED) is 0.434. The molecule has 0 bridgehead atoms. The second-order valence-electron chi connectivity index (χ2n) is 3.79. The van der Waals surface area contributed by atoms with Gasteiger partial charge in [0.2, 0.25) is 0 Å². The van der Waals surface area contributed by atoms with Crippen LogP contribution in [-0.2, 0) is 0 Å². The highest BCUT2D eigenvalue weighted by molar-refractivity contribution is 9.10. The summed E-state index contributed by atoms with van der Waals surface area (Å²) in [7, 11) is 0. The van der Waals surface area contributed by atoms with Crippen LogP contribution in [0.15, 0.2) is 34.8 Å². The van der Waals surface area contributed by atoms with Gasteiger partial charge in [0.05, 0.1) is 5.02 Å². The maximum absolute atomic E-state index is 12.1. The zero-order chi connectivity index (χ0) is 14.7. The van der Waals surface area contributed by atoms with E-state index < -0.39 is 0 Å². The monoisotopic (exact) mass is 374 g/mol. The maximum Gasteiger partial charge on any atom is 0.255 e. The normalized spacial score (nSPS) is 10.2. The van der Waals surface area contributed by atoms with E-state index in [1.165, 1.54) is 12.1 Å². The van der Waals surface area contributed by atoms with Gasteiger partial charge in [-0.15, -0.1) is 0 Å². The fraction of sp³-hybridized carbons (Fsp3) is 0. The molecule has 2 aromatic rings. The molecule has 2 rings (SSSR count). The number of hydrazine groups is 1. The number of nitrogens with zero attached hydrogens (tertiary/aromatic N) is 1. The Morgan fingerprint density at radius 3 is 2.65 bits per heavy atom. The number of aromatic nitrogens is 1. The maximum atomic E-state index is 12.1. The number of nitrogens with two attached hydrogens (primary N) is 1. The Morgan fingerprint density at radius 2 is 2.00 bits per heavy atom. The topological polar surface area (TPSA) is 80.0 Å². The van der Waals surface area contributed by atoms with Gasteiger partial charge in [0.15, 0.2) is 0 Å². The minimum atomic E-state index is -0.343. The standard InChI is InChI=1S/C12H9BrCl2N4O/c13-8-2-1-7(5-9(8)14)17-12(20)6-3-10(15)18-11(4-6)19-16/h1-5H,16H2,(H,17,20)(H,18,19). The van der Waals surface area contributed by atoms with Gasteiger partial charge in [0.25, 0.3) is 5.91 Å². The number of rotatable bonds is 3. The molecule has 0 saturated carbocycles. The molecule has 0 saturated heterocycles. The summed E-state index contributed by atoms with van der Waals surface area (Å²) in [6, 6.07) is 8.03. The summed E-state index contributed by atoms with van der Waals surface area (Å²) in [5.41, 5.74) is 3.24. The predicted molar refractivity (Wildman–Crippen MR) is 84.2 cm³/mol. The fourth-order valence-corrected chi connectivity index (χ4v) is 2.11. The van der Waals surface area contributed by atoms with Crippen LogP contribution >= 0.6 is 39.1 Å². The van der Waals surface area contributed by atoms with E-state index in [1.54, 1.807) is 18.2 Å². The van der Waals surface area contributed by atoms with Crippen LogP contribution in [0.2, 0.25) is 10.2 Å². The van der Waals surface area contributed by atoms with Gasteiger partial charge >= 0.3 is 0 Å². The molecule has 0 radical (unpaired) electrons. The van der Waals surface area contributed by atoms with E-state index >= 15 is 0 Å². The molecule has 1 aromatic carbocycles. The first kappa shape index (κ1) is 15.1. The Balaban J connectivity index is 2.23. The molecule has 0 aliphatic rings. The molecule has 4 N–H and O–H groups in total. The van der Waals surface area contributed by atoms with E-state index in [4.69, 9.17) is 29.0 Å². The van der Waals surface area contributed by atoms with E-state index in [-0.39, 0.29) is 11.1 Å². The Bertz CT molecular complexity index is 666. The van der Waals surface area contributed by atoms with Gasteiger partial charge in [0, 0.05) is 15.7 Å². The van der Waals surface area contributed by atoms with Crippen molar-refractivity contribution < 1.29 is 4.79 Å². The number of carbonyl (C=O) groups excluding carboxylic acids is 1. The molecule has 0 atom stereocenters. The lowest BCUT2D eigenvalue weighted by atomic mass is 10.2. The second kappa shape index (κ2) is 6.41. The predicted octanol–water partition coefficient (Wildman–Crippen LogP) is 3.69. The van der Waals surface area contributed by atoms with Gasteiger partial charge < -0.3 is 10.7 Å². The Hall–Kier alpha value is -1.34. The van der Waals surface area contributed by atoms with E-state index in [2.05, 4.69) is 31.7 Å². The van der Waals surface area contributed by atoms with Crippen LogP contribution in [-0.4, -0.2) is 10.9 Å². The summed E-state index contributed by atoms with van der Waals surface area (Å²) in [6.45, 7) is 0. The van der Waals surface area contributed by atoms with Crippen LogP contribution in [0.4, 0.5) is 11.5 Å². The average Bonchev–Trinajstić information content (AvgIpc) is 2.42. The minimum absolute atomic E-state index is 0.166. The highest BCUT2D eigenvalue weighted by Gasteiger charge is 2.10. The smallest absolute Gasteiger partial charge is 0.255 e. The minimum Gasteiger partial charge on any atom is -0.322 e. The lowest BCUT2D eigenvalue weighted by Gasteiger charge is -2.08. The molecular weight excluding hydrogens is 367 g/mol. The highest BCUT2D eigenvalue weighted by Crippen LogP contribution is 2.26. The highest BCUT2D eigenvalue weighted by atomic mass is 79.9. The van der Waals surface area contributed by atoms with Crippen molar-refractivity contribution in [1.82, 2.24) is 4.98 Å². The van der Waals surface area contributed by atoms with Crippen LogP contribution in [0.3, 0.4) is 0 Å². The number of anilines is 2. The summed E-state index contributed by atoms with van der Waals surface area (Å²) in [5.74, 6) is 5.21. The SMILES string of the molecule is NNc1cc(C(=O)Nc2ccc(Br)c(Cl)c2)cc(Cl)n1. The second-order valence-corrected chi connectivity index (χ2v) is 5.44. The molecule has 8 heteroatoms. The number of pyridine rings is 1. The van der Waals surface area contributed by atoms with Crippen molar-refractivity contribution in [3.8, 4) is 0 Å². The van der Waals surface area contributed by atoms with Crippen molar-refractivity contribution >= 4 is 56.5 Å². The largest absolute Gasteiger partial charge is 0.322 e. The van der Waals surface area contributed by atoms with Crippen molar-refractivity contribution in [2.45, 2.75) is 0 Å². The molecule has 0 unspecified atom stereocenters. The van der Waals surface area contributed by atoms with Gasteiger partial charge in [0.1, 0.15) is 11.0 Å². The van der Waals surface area contributed by atoms with Crippen LogP contribution in [0.25, 0.3) is 0 Å². The molecule has 5 nitrogen and oxygen atoms in total. The Kier molecular flexibility index (Phi) is 4.82. The number of hydrogen-bond donors (Lipinski definition) is 3. The average molecular weight is 376 g/mol. The molecule has 0 aliphatic carbocycles. The molecule has 0 fully saturated rings. The van der Waals surface area contributed by atoms with Crippen molar-refractivity contribution in [2.24, 2.45) is 5.84 Å². The molecule has 104 valence electrons. The van der Waals surface area contributed by atoms with Gasteiger partial charge in [-0.25, -0.2) is 10.8 Å². The Labute approximate surface area is 133 Å². The number of hydrogen-bond acceptors (Lipinski definition) is 4. The summed E-state index contributed by atoms with van der Waals surface area (Å²) in [4.78, 5) is 16.0. The molecule has 1 amide bonds. The molecule has 1 heterocycles. The van der Waals surface area contributed by atoms with Gasteiger partial charge in [-0.1, -0.05) is 23.2 Å². The number of amides is 1. The van der Waals surface area contributed by atoms with Crippen LogP contribution in [0.5, 0.6) is 0 Å². The van der Waals surface area contributed by atoms with Gasteiger partial charge in [-0.2, -0.15) is 0 Å². The first-order valence-electron chi connectivity index (χ1n) is 5.40. The lowest BCUT2D eigenvalue weighted by molar-refractivity contribution is 0.102. The van der Waals surface area contributed by atoms with Gasteiger partial charge in [-0.05, 0) is 46.3 Å². The van der Waals surface area contributed by atoms with Crippen LogP contribution in [0, 0.1) is 0 Å². The lowest BCUT2D eigenvalue weighted by Crippen LogP contribution is -2.14. The van der Waals surface area contributed by atoms with Gasteiger partial charge in [-0.3, -0.25) is 4.79 Å². The van der Waals surface area contributed by atoms with E-state index in [9.17, 15) is 4.79 Å². The first-order valence-corrected chi connectivity index (χ1v) is 6.95. The summed E-state index contributed by atoms with van der Waals surface area (Å²) >= 11 is 15.0. The van der Waals surface area contributed by atoms with E-state index in [0.717, 1.165) is 4.47 Å². The molecule has 20 heavy (non-hydrogen) atoms. The zero-order valence-corrected chi connectivity index (χ0v) is 13.1. The molecular formula is C12H9BrCl2N4O. The van der Waals surface area contributed by atoms with Crippen molar-refractivity contribution in [2.75, 3.05) is 10.7 Å². The van der Waals surface area contributed by atoms with Crippen LogP contribution in [0.1, 0.15) is 10.4 Å². The fourth-order valence-electron chi connectivity index (χ4n) is 1.48. The third-order valence-electron chi connectivity index (χ3n) is 2.38. The van der Waals surface area contributed by atoms with E-state index in [1.807, 2.05) is 0 Å². The number of nitrogen functional groups attached to an aromatic ring is 1.